The van der Waals surface area contributed by atoms with Crippen LogP contribution in [0.4, 0.5) is 11.4 Å². The molecule has 0 unspecified atom stereocenters. The highest BCUT2D eigenvalue weighted by atomic mass is 16.5. The zero-order valence-corrected chi connectivity index (χ0v) is 13.7. The maximum absolute atomic E-state index is 12.4. The van der Waals surface area contributed by atoms with Gasteiger partial charge >= 0.3 is 0 Å². The summed E-state index contributed by atoms with van der Waals surface area (Å²) in [6.45, 7) is 3.59. The molecule has 0 aliphatic carbocycles. The zero-order valence-electron chi connectivity index (χ0n) is 13.7. The molecule has 2 aromatic carbocycles. The summed E-state index contributed by atoms with van der Waals surface area (Å²) in [7, 11) is 1.57. The molecule has 0 radical (unpaired) electrons. The Balaban J connectivity index is 1.80. The van der Waals surface area contributed by atoms with E-state index in [0.29, 0.717) is 28.4 Å². The lowest BCUT2D eigenvalue weighted by Crippen LogP contribution is -2.34. The number of nitrogens with one attached hydrogen (secondary N) is 2. The molecule has 3 rings (SSSR count). The molecule has 2 N–H and O–H groups in total. The summed E-state index contributed by atoms with van der Waals surface area (Å²) in [6, 6.07) is 10.4. The van der Waals surface area contributed by atoms with Gasteiger partial charge in [-0.25, -0.2) is 0 Å². The van der Waals surface area contributed by atoms with Crippen molar-refractivity contribution in [1.29, 1.82) is 0 Å². The Morgan fingerprint density at radius 3 is 2.79 bits per heavy atom. The van der Waals surface area contributed by atoms with Crippen LogP contribution < -0.4 is 20.1 Å². The standard InChI is InChI=1S/C18H18N2O4/c1-10-4-5-12(8-16(10)23-3)18(22)19-13-6-7-15-14(9-13)20-17(21)11(2)24-15/h4-9,11H,1-3H3,(H,19,22)(H,20,21)/t11-/m0/s1. The van der Waals surface area contributed by atoms with Crippen molar-refractivity contribution in [2.75, 3.05) is 17.7 Å². The second-order valence-electron chi connectivity index (χ2n) is 5.60. The van der Waals surface area contributed by atoms with Crippen LogP contribution >= 0.6 is 0 Å². The maximum atomic E-state index is 12.4. The number of carbonyl (C=O) groups excluding carboxylic acids is 2. The molecule has 1 aliphatic heterocycles. The lowest BCUT2D eigenvalue weighted by Gasteiger charge is -2.23. The Kier molecular flexibility index (Phi) is 4.12. The molecule has 6 nitrogen and oxygen atoms in total. The van der Waals surface area contributed by atoms with Crippen molar-refractivity contribution in [3.8, 4) is 11.5 Å². The molecule has 1 heterocycles. The molecule has 1 atom stereocenters. The largest absolute Gasteiger partial charge is 0.496 e. The van der Waals surface area contributed by atoms with Crippen molar-refractivity contribution in [2.24, 2.45) is 0 Å². The van der Waals surface area contributed by atoms with Gasteiger partial charge in [0.25, 0.3) is 11.8 Å². The van der Waals surface area contributed by atoms with Gasteiger partial charge in [-0.2, -0.15) is 0 Å². The van der Waals surface area contributed by atoms with Crippen LogP contribution in [0.15, 0.2) is 36.4 Å². The Bertz CT molecular complexity index is 817. The Hall–Kier alpha value is -3.02. The van der Waals surface area contributed by atoms with Gasteiger partial charge in [0.2, 0.25) is 0 Å². The number of hydrogen-bond donors (Lipinski definition) is 2. The number of hydrogen-bond acceptors (Lipinski definition) is 4. The van der Waals surface area contributed by atoms with E-state index >= 15 is 0 Å². The molecule has 0 saturated heterocycles. The van der Waals surface area contributed by atoms with E-state index in [-0.39, 0.29) is 11.8 Å². The van der Waals surface area contributed by atoms with Crippen molar-refractivity contribution >= 4 is 23.2 Å². The van der Waals surface area contributed by atoms with Crippen LogP contribution in [-0.4, -0.2) is 25.0 Å². The summed E-state index contributed by atoms with van der Waals surface area (Å²) in [4.78, 5) is 24.1. The summed E-state index contributed by atoms with van der Waals surface area (Å²) >= 11 is 0. The average Bonchev–Trinajstić information content (AvgIpc) is 2.56. The van der Waals surface area contributed by atoms with Gasteiger partial charge in [0.05, 0.1) is 12.8 Å². The predicted molar refractivity (Wildman–Crippen MR) is 90.8 cm³/mol. The average molecular weight is 326 g/mol. The number of rotatable bonds is 3. The monoisotopic (exact) mass is 326 g/mol. The lowest BCUT2D eigenvalue weighted by atomic mass is 10.1. The molecule has 24 heavy (non-hydrogen) atoms. The summed E-state index contributed by atoms with van der Waals surface area (Å²) in [5.41, 5.74) is 2.55. The molecule has 124 valence electrons. The lowest BCUT2D eigenvalue weighted by molar-refractivity contribution is -0.122. The predicted octanol–water partition coefficient (Wildman–Crippen LogP) is 2.98. The highest BCUT2D eigenvalue weighted by Crippen LogP contribution is 2.32. The number of fused-ring (bicyclic) bond motifs is 1. The first-order valence-corrected chi connectivity index (χ1v) is 7.55. The summed E-state index contributed by atoms with van der Waals surface area (Å²) in [6.07, 6.45) is -0.530. The smallest absolute Gasteiger partial charge is 0.265 e. The third-order valence-corrected chi connectivity index (χ3v) is 3.84. The SMILES string of the molecule is COc1cc(C(=O)Nc2ccc3c(c2)NC(=O)[C@H](C)O3)ccc1C. The minimum Gasteiger partial charge on any atom is -0.496 e. The Morgan fingerprint density at radius 1 is 1.25 bits per heavy atom. The molecular formula is C18H18N2O4. The van der Waals surface area contributed by atoms with E-state index in [0.717, 1.165) is 5.56 Å². The van der Waals surface area contributed by atoms with E-state index in [1.807, 2.05) is 13.0 Å². The van der Waals surface area contributed by atoms with Gasteiger partial charge in [0, 0.05) is 11.3 Å². The third kappa shape index (κ3) is 3.03. The molecule has 1 aliphatic rings. The summed E-state index contributed by atoms with van der Waals surface area (Å²) in [5.74, 6) is 0.763. The van der Waals surface area contributed by atoms with Gasteiger partial charge in [-0.1, -0.05) is 6.07 Å². The van der Waals surface area contributed by atoms with E-state index in [1.165, 1.54) is 0 Å². The van der Waals surface area contributed by atoms with Crippen molar-refractivity contribution < 1.29 is 19.1 Å². The van der Waals surface area contributed by atoms with E-state index in [9.17, 15) is 9.59 Å². The number of benzene rings is 2. The quantitative estimate of drug-likeness (QED) is 0.909. The van der Waals surface area contributed by atoms with Crippen LogP contribution in [-0.2, 0) is 4.79 Å². The fourth-order valence-corrected chi connectivity index (χ4v) is 2.45. The van der Waals surface area contributed by atoms with Gasteiger partial charge in [-0.3, -0.25) is 9.59 Å². The number of anilines is 2. The fraction of sp³-hybridized carbons (Fsp3) is 0.222. The topological polar surface area (TPSA) is 76.7 Å². The summed E-state index contributed by atoms with van der Waals surface area (Å²) in [5, 5.41) is 5.56. The molecule has 2 amide bonds. The number of methoxy groups -OCH3 is 1. The van der Waals surface area contributed by atoms with E-state index in [4.69, 9.17) is 9.47 Å². The number of aryl methyl sites for hydroxylation is 1. The molecular weight excluding hydrogens is 308 g/mol. The number of amides is 2. The van der Waals surface area contributed by atoms with Gasteiger partial charge in [-0.05, 0) is 49.7 Å². The fourth-order valence-electron chi connectivity index (χ4n) is 2.45. The van der Waals surface area contributed by atoms with Crippen LogP contribution in [0.25, 0.3) is 0 Å². The van der Waals surface area contributed by atoms with Crippen molar-refractivity contribution in [3.05, 3.63) is 47.5 Å². The van der Waals surface area contributed by atoms with Gasteiger partial charge < -0.3 is 20.1 Å². The van der Waals surface area contributed by atoms with E-state index in [2.05, 4.69) is 10.6 Å². The Morgan fingerprint density at radius 2 is 2.04 bits per heavy atom. The van der Waals surface area contributed by atoms with Gasteiger partial charge in [0.15, 0.2) is 6.10 Å². The van der Waals surface area contributed by atoms with Crippen LogP contribution in [0.2, 0.25) is 0 Å². The number of carbonyl (C=O) groups is 2. The van der Waals surface area contributed by atoms with Crippen molar-refractivity contribution in [2.45, 2.75) is 20.0 Å². The second kappa shape index (κ2) is 6.23. The van der Waals surface area contributed by atoms with Crippen LogP contribution in [0.1, 0.15) is 22.8 Å². The first-order chi connectivity index (χ1) is 11.5. The summed E-state index contributed by atoms with van der Waals surface area (Å²) < 4.78 is 10.7. The molecule has 0 aromatic heterocycles. The molecule has 6 heteroatoms. The highest BCUT2D eigenvalue weighted by molar-refractivity contribution is 6.05. The normalized spacial score (nSPS) is 15.8. The molecule has 2 aromatic rings. The maximum Gasteiger partial charge on any atom is 0.265 e. The van der Waals surface area contributed by atoms with Crippen LogP contribution in [0.3, 0.4) is 0 Å². The molecule has 0 bridgehead atoms. The Labute approximate surface area is 139 Å². The van der Waals surface area contributed by atoms with Crippen molar-refractivity contribution in [3.63, 3.8) is 0 Å². The van der Waals surface area contributed by atoms with Gasteiger partial charge in [0.1, 0.15) is 11.5 Å². The highest BCUT2D eigenvalue weighted by Gasteiger charge is 2.23. The first kappa shape index (κ1) is 15.9. The van der Waals surface area contributed by atoms with E-state index in [1.54, 1.807) is 44.4 Å². The van der Waals surface area contributed by atoms with Crippen LogP contribution in [0, 0.1) is 6.92 Å². The minimum absolute atomic E-state index is 0.214. The second-order valence-corrected chi connectivity index (χ2v) is 5.60. The molecule has 0 fully saturated rings. The first-order valence-electron chi connectivity index (χ1n) is 7.55. The molecule has 0 saturated carbocycles. The van der Waals surface area contributed by atoms with Crippen LogP contribution in [0.5, 0.6) is 11.5 Å². The van der Waals surface area contributed by atoms with Crippen molar-refractivity contribution in [1.82, 2.24) is 0 Å². The third-order valence-electron chi connectivity index (χ3n) is 3.84. The minimum atomic E-state index is -0.530. The van der Waals surface area contributed by atoms with E-state index < -0.39 is 6.10 Å². The molecule has 0 spiro atoms. The number of ether oxygens (including phenoxy) is 2. The van der Waals surface area contributed by atoms with Gasteiger partial charge in [-0.15, -0.1) is 0 Å². The zero-order chi connectivity index (χ0) is 17.3.